The third-order valence-electron chi connectivity index (χ3n) is 4.33. The second-order valence-electron chi connectivity index (χ2n) is 5.05. The predicted octanol–water partition coefficient (Wildman–Crippen LogP) is 2.41. The van der Waals surface area contributed by atoms with Crippen LogP contribution in [0.25, 0.3) is 0 Å². The molecule has 0 aromatic rings. The molecule has 2 unspecified atom stereocenters. The van der Waals surface area contributed by atoms with Gasteiger partial charge in [-0.1, -0.05) is 12.8 Å². The second-order valence-corrected chi connectivity index (χ2v) is 5.05. The van der Waals surface area contributed by atoms with Crippen molar-refractivity contribution in [1.82, 2.24) is 4.90 Å². The van der Waals surface area contributed by atoms with Crippen molar-refractivity contribution in [2.45, 2.75) is 51.1 Å². The first-order valence-electron chi connectivity index (χ1n) is 5.84. The van der Waals surface area contributed by atoms with E-state index in [4.69, 9.17) is 5.26 Å². The van der Waals surface area contributed by atoms with Crippen LogP contribution in [-0.2, 0) is 0 Å². The van der Waals surface area contributed by atoms with Gasteiger partial charge in [0.1, 0.15) is 0 Å². The Morgan fingerprint density at radius 1 is 1.29 bits per heavy atom. The van der Waals surface area contributed by atoms with E-state index < -0.39 is 0 Å². The number of hydrogen-bond donors (Lipinski definition) is 0. The van der Waals surface area contributed by atoms with Gasteiger partial charge in [0.2, 0.25) is 0 Å². The van der Waals surface area contributed by atoms with Gasteiger partial charge in [-0.25, -0.2) is 0 Å². The summed E-state index contributed by atoms with van der Waals surface area (Å²) in [5, 5.41) is 8.91. The zero-order valence-electron chi connectivity index (χ0n) is 9.24. The highest BCUT2D eigenvalue weighted by atomic mass is 15.2. The molecule has 3 aliphatic carbocycles. The van der Waals surface area contributed by atoms with Crippen molar-refractivity contribution in [3.05, 3.63) is 0 Å². The summed E-state index contributed by atoms with van der Waals surface area (Å²) in [7, 11) is 2.12. The van der Waals surface area contributed by atoms with Crippen LogP contribution in [0.4, 0.5) is 0 Å². The number of nitrogens with zero attached hydrogens (tertiary/aromatic N) is 2. The van der Waals surface area contributed by atoms with E-state index in [1.807, 2.05) is 6.92 Å². The first kappa shape index (κ1) is 9.98. The summed E-state index contributed by atoms with van der Waals surface area (Å²) in [6.07, 6.45) is 7.02. The molecular weight excluding hydrogens is 172 g/mol. The highest BCUT2D eigenvalue weighted by Gasteiger charge is 2.38. The van der Waals surface area contributed by atoms with Gasteiger partial charge in [-0.2, -0.15) is 5.26 Å². The molecule has 0 aliphatic heterocycles. The van der Waals surface area contributed by atoms with Crippen LogP contribution >= 0.6 is 0 Å². The fraction of sp³-hybridized carbons (Fsp3) is 0.917. The molecule has 2 heteroatoms. The maximum Gasteiger partial charge on any atom is 0.0949 e. The van der Waals surface area contributed by atoms with Gasteiger partial charge >= 0.3 is 0 Å². The molecule has 78 valence electrons. The van der Waals surface area contributed by atoms with Crippen molar-refractivity contribution in [1.29, 1.82) is 5.26 Å². The van der Waals surface area contributed by atoms with E-state index in [0.717, 1.165) is 11.8 Å². The van der Waals surface area contributed by atoms with Crippen molar-refractivity contribution < 1.29 is 0 Å². The minimum Gasteiger partial charge on any atom is -0.288 e. The molecule has 3 fully saturated rings. The molecule has 3 rings (SSSR count). The maximum atomic E-state index is 8.91. The highest BCUT2D eigenvalue weighted by Crippen LogP contribution is 2.43. The van der Waals surface area contributed by atoms with Gasteiger partial charge in [0, 0.05) is 6.04 Å². The van der Waals surface area contributed by atoms with Crippen molar-refractivity contribution in [3.8, 4) is 6.07 Å². The fourth-order valence-electron chi connectivity index (χ4n) is 3.22. The lowest BCUT2D eigenvalue weighted by molar-refractivity contribution is 0.0401. The zero-order chi connectivity index (χ0) is 10.1. The van der Waals surface area contributed by atoms with Crippen molar-refractivity contribution in [2.75, 3.05) is 7.05 Å². The molecule has 0 heterocycles. The quantitative estimate of drug-likeness (QED) is 0.672. The smallest absolute Gasteiger partial charge is 0.0949 e. The predicted molar refractivity (Wildman–Crippen MR) is 56.7 cm³/mol. The van der Waals surface area contributed by atoms with Gasteiger partial charge in [0.15, 0.2) is 0 Å². The van der Waals surface area contributed by atoms with Crippen LogP contribution in [0.2, 0.25) is 0 Å². The summed E-state index contributed by atoms with van der Waals surface area (Å²) in [6.45, 7) is 2.02. The van der Waals surface area contributed by atoms with Crippen LogP contribution in [-0.4, -0.2) is 24.0 Å². The Kier molecular flexibility index (Phi) is 2.78. The molecule has 3 saturated carbocycles. The fourth-order valence-corrected chi connectivity index (χ4v) is 3.22. The van der Waals surface area contributed by atoms with E-state index in [1.54, 1.807) is 0 Å². The second kappa shape index (κ2) is 3.90. The minimum absolute atomic E-state index is 0.0827. The molecule has 2 bridgehead atoms. The lowest BCUT2D eigenvalue weighted by Gasteiger charge is -2.47. The Labute approximate surface area is 86.9 Å². The summed E-state index contributed by atoms with van der Waals surface area (Å²) >= 11 is 0. The van der Waals surface area contributed by atoms with Crippen molar-refractivity contribution in [3.63, 3.8) is 0 Å². The highest BCUT2D eigenvalue weighted by molar-refractivity contribution is 4.96. The van der Waals surface area contributed by atoms with E-state index in [2.05, 4.69) is 18.0 Å². The molecule has 0 saturated heterocycles. The summed E-state index contributed by atoms with van der Waals surface area (Å²) in [5.74, 6) is 1.83. The van der Waals surface area contributed by atoms with E-state index in [1.165, 1.54) is 32.1 Å². The third-order valence-corrected chi connectivity index (χ3v) is 4.33. The van der Waals surface area contributed by atoms with Gasteiger partial charge < -0.3 is 0 Å². The molecule has 0 aromatic carbocycles. The molecule has 0 radical (unpaired) electrons. The standard InChI is InChI=1S/C12H20N2/c1-9(8-13)14(2)12-7-10-3-5-11(12)6-4-10/h9-12H,3-7H2,1-2H3. The molecule has 0 aromatic heterocycles. The van der Waals surface area contributed by atoms with Crippen molar-refractivity contribution in [2.24, 2.45) is 11.8 Å². The molecule has 14 heavy (non-hydrogen) atoms. The Balaban J connectivity index is 2.01. The largest absolute Gasteiger partial charge is 0.288 e. The molecule has 0 amide bonds. The maximum absolute atomic E-state index is 8.91. The average Bonchev–Trinajstić information content (AvgIpc) is 2.28. The summed E-state index contributed by atoms with van der Waals surface area (Å²) in [6, 6.07) is 3.12. The number of rotatable bonds is 2. The normalized spacial score (nSPS) is 38.3. The average molecular weight is 192 g/mol. The first-order valence-corrected chi connectivity index (χ1v) is 5.84. The van der Waals surface area contributed by atoms with Crippen LogP contribution in [0.1, 0.15) is 39.0 Å². The Morgan fingerprint density at radius 3 is 2.36 bits per heavy atom. The Bertz CT molecular complexity index is 235. The van der Waals surface area contributed by atoms with E-state index in [-0.39, 0.29) is 6.04 Å². The molecular formula is C12H20N2. The third kappa shape index (κ3) is 1.66. The molecule has 0 N–H and O–H groups in total. The number of fused-ring (bicyclic) bond motifs is 3. The van der Waals surface area contributed by atoms with E-state index in [0.29, 0.717) is 6.04 Å². The van der Waals surface area contributed by atoms with Gasteiger partial charge in [-0.15, -0.1) is 0 Å². The topological polar surface area (TPSA) is 27.0 Å². The van der Waals surface area contributed by atoms with Crippen molar-refractivity contribution >= 4 is 0 Å². The molecule has 3 aliphatic rings. The summed E-state index contributed by atoms with van der Waals surface area (Å²) in [5.41, 5.74) is 0. The molecule has 0 spiro atoms. The number of hydrogen-bond acceptors (Lipinski definition) is 2. The zero-order valence-corrected chi connectivity index (χ0v) is 9.24. The van der Waals surface area contributed by atoms with Crippen LogP contribution in [0.3, 0.4) is 0 Å². The SMILES string of the molecule is CC(C#N)N(C)C1CC2CCC1CC2. The van der Waals surface area contributed by atoms with Gasteiger partial charge in [0.25, 0.3) is 0 Å². The van der Waals surface area contributed by atoms with Crippen LogP contribution in [0, 0.1) is 23.2 Å². The van der Waals surface area contributed by atoms with E-state index >= 15 is 0 Å². The molecule has 2 atom stereocenters. The van der Waals surface area contributed by atoms with Crippen LogP contribution < -0.4 is 0 Å². The van der Waals surface area contributed by atoms with Gasteiger partial charge in [0.05, 0.1) is 12.1 Å². The first-order chi connectivity index (χ1) is 6.72. The van der Waals surface area contributed by atoms with Crippen LogP contribution in [0.15, 0.2) is 0 Å². The van der Waals surface area contributed by atoms with Gasteiger partial charge in [-0.3, -0.25) is 4.90 Å². The van der Waals surface area contributed by atoms with Crippen LogP contribution in [0.5, 0.6) is 0 Å². The summed E-state index contributed by atoms with van der Waals surface area (Å²) in [4.78, 5) is 2.30. The minimum atomic E-state index is 0.0827. The van der Waals surface area contributed by atoms with Gasteiger partial charge in [-0.05, 0) is 45.1 Å². The van der Waals surface area contributed by atoms with E-state index in [9.17, 15) is 0 Å². The Morgan fingerprint density at radius 2 is 1.93 bits per heavy atom. The molecule has 2 nitrogen and oxygen atoms in total. The summed E-state index contributed by atoms with van der Waals surface area (Å²) < 4.78 is 0. The number of nitriles is 1. The monoisotopic (exact) mass is 192 g/mol. The lowest BCUT2D eigenvalue weighted by Crippen LogP contribution is -2.48. The lowest BCUT2D eigenvalue weighted by atomic mass is 9.67. The Hall–Kier alpha value is -0.550.